The van der Waals surface area contributed by atoms with Crippen molar-refractivity contribution >= 4 is 10.8 Å². The maximum absolute atomic E-state index is 8.93. The number of nitrogens with zero attached hydrogens (tertiary/aromatic N) is 1. The third-order valence-corrected chi connectivity index (χ3v) is 1.46. The molecule has 2 heteroatoms. The predicted molar refractivity (Wildman–Crippen MR) is 41.1 cm³/mol. The Morgan fingerprint density at radius 3 is 2.73 bits per heavy atom. The molecule has 0 spiro atoms. The first-order chi connectivity index (χ1) is 5.36. The molecule has 11 heavy (non-hydrogen) atoms. The summed E-state index contributed by atoms with van der Waals surface area (Å²) in [5, 5.41) is 10.6. The highest BCUT2D eigenvalue weighted by atomic mass is 16.3. The molecule has 0 aliphatic heterocycles. The predicted octanol–water partition coefficient (Wildman–Crippen LogP) is 1.54. The first-order valence-corrected chi connectivity index (χ1v) is 3.25. The molecule has 0 fully saturated rings. The van der Waals surface area contributed by atoms with Crippen LogP contribution in [0.5, 0.6) is 5.88 Å². The van der Waals surface area contributed by atoms with Gasteiger partial charge in [-0.3, -0.25) is 0 Å². The lowest BCUT2D eigenvalue weighted by atomic mass is 10.2. The number of fused-ring (bicyclic) bond motifs is 1. The highest BCUT2D eigenvalue weighted by Gasteiger charge is 1.94. The van der Waals surface area contributed by atoms with Gasteiger partial charge in [0.05, 0.1) is 6.07 Å². The number of aromatic hydroxyl groups is 1. The fraction of sp³-hybridized carbons (Fsp3) is 0. The summed E-state index contributed by atoms with van der Waals surface area (Å²) < 4.78 is 0. The lowest BCUT2D eigenvalue weighted by molar-refractivity contribution is 0.453. The second kappa shape index (κ2) is 2.23. The Balaban J connectivity index is 2.83. The molecule has 2 nitrogen and oxygen atoms in total. The quantitative estimate of drug-likeness (QED) is 0.606. The van der Waals surface area contributed by atoms with Gasteiger partial charge in [-0.15, -0.1) is 0 Å². The minimum Gasteiger partial charge on any atom is -0.493 e. The van der Waals surface area contributed by atoms with Gasteiger partial charge in [-0.25, -0.2) is 4.98 Å². The van der Waals surface area contributed by atoms with Crippen LogP contribution in [0.1, 0.15) is 0 Å². The van der Waals surface area contributed by atoms with Crippen molar-refractivity contribution in [3.05, 3.63) is 36.5 Å². The van der Waals surface area contributed by atoms with Gasteiger partial charge in [-0.1, -0.05) is 24.3 Å². The molecule has 0 atom stereocenters. The van der Waals surface area contributed by atoms with Gasteiger partial charge in [0.1, 0.15) is 6.20 Å². The van der Waals surface area contributed by atoms with Crippen LogP contribution in [0, 0.1) is 12.3 Å². The van der Waals surface area contributed by atoms with Crippen molar-refractivity contribution in [3.63, 3.8) is 0 Å². The summed E-state index contributed by atoms with van der Waals surface area (Å²) in [4.78, 5) is 3.58. The Morgan fingerprint density at radius 1 is 1.18 bits per heavy atom. The van der Waals surface area contributed by atoms with Crippen molar-refractivity contribution in [2.75, 3.05) is 0 Å². The lowest BCUT2D eigenvalue weighted by Crippen LogP contribution is -1.76. The summed E-state index contributed by atoms with van der Waals surface area (Å²) >= 11 is 0. The lowest BCUT2D eigenvalue weighted by Gasteiger charge is -1.93. The van der Waals surface area contributed by atoms with Crippen LogP contribution in [0.2, 0.25) is 0 Å². The maximum Gasteiger partial charge on any atom is 0.220 e. The summed E-state index contributed by atoms with van der Waals surface area (Å²) in [7, 11) is 0. The molecule has 1 aromatic carbocycles. The molecule has 2 radical (unpaired) electrons. The Kier molecular flexibility index (Phi) is 1.25. The third-order valence-electron chi connectivity index (χ3n) is 1.46. The van der Waals surface area contributed by atoms with Gasteiger partial charge < -0.3 is 5.11 Å². The first kappa shape index (κ1) is 6.16. The zero-order chi connectivity index (χ0) is 7.68. The maximum atomic E-state index is 8.93. The van der Waals surface area contributed by atoms with E-state index in [1.807, 2.05) is 24.3 Å². The Bertz CT molecular complexity index is 384. The smallest absolute Gasteiger partial charge is 0.220 e. The SMILES string of the molecule is Oc1[c]c2ccccc2[c]n1. The van der Waals surface area contributed by atoms with Crippen molar-refractivity contribution < 1.29 is 5.11 Å². The summed E-state index contributed by atoms with van der Waals surface area (Å²) in [6.07, 6.45) is 2.69. The highest BCUT2D eigenvalue weighted by Crippen LogP contribution is 2.14. The van der Waals surface area contributed by atoms with Gasteiger partial charge in [-0.05, 0) is 5.39 Å². The summed E-state index contributed by atoms with van der Waals surface area (Å²) in [5.41, 5.74) is 0. The van der Waals surface area contributed by atoms with Crippen molar-refractivity contribution in [1.82, 2.24) is 4.98 Å². The fourth-order valence-electron chi connectivity index (χ4n) is 0.951. The normalized spacial score (nSPS) is 10.2. The van der Waals surface area contributed by atoms with Crippen molar-refractivity contribution in [2.45, 2.75) is 0 Å². The second-order valence-corrected chi connectivity index (χ2v) is 2.22. The number of pyridine rings is 1. The molecule has 2 aromatic rings. The Hall–Kier alpha value is -1.57. The number of rotatable bonds is 0. The van der Waals surface area contributed by atoms with Gasteiger partial charge >= 0.3 is 0 Å². The second-order valence-electron chi connectivity index (χ2n) is 2.22. The van der Waals surface area contributed by atoms with Crippen LogP contribution in [0.3, 0.4) is 0 Å². The van der Waals surface area contributed by atoms with Gasteiger partial charge in [0.25, 0.3) is 0 Å². The van der Waals surface area contributed by atoms with Crippen LogP contribution >= 0.6 is 0 Å². The Labute approximate surface area is 64.1 Å². The van der Waals surface area contributed by atoms with E-state index in [0.717, 1.165) is 10.8 Å². The van der Waals surface area contributed by atoms with E-state index in [-0.39, 0.29) is 5.88 Å². The van der Waals surface area contributed by atoms with Crippen molar-refractivity contribution in [1.29, 1.82) is 0 Å². The van der Waals surface area contributed by atoms with Crippen molar-refractivity contribution in [2.24, 2.45) is 0 Å². The highest BCUT2D eigenvalue weighted by molar-refractivity contribution is 5.80. The number of aromatic nitrogens is 1. The average molecular weight is 143 g/mol. The van der Waals surface area contributed by atoms with Crippen LogP contribution in [-0.2, 0) is 0 Å². The molecule has 1 N–H and O–H groups in total. The van der Waals surface area contributed by atoms with Crippen LogP contribution in [0.25, 0.3) is 10.8 Å². The largest absolute Gasteiger partial charge is 0.493 e. The number of hydrogen-bond donors (Lipinski definition) is 1. The monoisotopic (exact) mass is 143 g/mol. The topological polar surface area (TPSA) is 33.1 Å². The van der Waals surface area contributed by atoms with Crippen LogP contribution < -0.4 is 0 Å². The van der Waals surface area contributed by atoms with Crippen LogP contribution in [0.4, 0.5) is 0 Å². The van der Waals surface area contributed by atoms with E-state index in [9.17, 15) is 0 Å². The first-order valence-electron chi connectivity index (χ1n) is 3.25. The zero-order valence-electron chi connectivity index (χ0n) is 5.70. The molecule has 2 rings (SSSR count). The number of benzene rings is 1. The molecule has 0 saturated carbocycles. The molecule has 0 aliphatic rings. The fourth-order valence-corrected chi connectivity index (χ4v) is 0.951. The van der Waals surface area contributed by atoms with Gasteiger partial charge in [0.15, 0.2) is 0 Å². The summed E-state index contributed by atoms with van der Waals surface area (Å²) in [6, 6.07) is 10.2. The zero-order valence-corrected chi connectivity index (χ0v) is 5.70. The standard InChI is InChI=1S/C9H5NO/c11-9-5-7-3-1-2-4-8(7)6-10-9/h1-4H,(H,10,11). The minimum absolute atomic E-state index is 0.108. The van der Waals surface area contributed by atoms with E-state index in [2.05, 4.69) is 17.2 Å². The molecular formula is C9H5NO. The number of hydrogen-bond acceptors (Lipinski definition) is 2. The van der Waals surface area contributed by atoms with E-state index < -0.39 is 0 Å². The van der Waals surface area contributed by atoms with E-state index in [1.165, 1.54) is 0 Å². The molecule has 52 valence electrons. The molecule has 0 bridgehead atoms. The van der Waals surface area contributed by atoms with Crippen molar-refractivity contribution in [3.8, 4) is 5.88 Å². The third kappa shape index (κ3) is 1.03. The summed E-state index contributed by atoms with van der Waals surface area (Å²) in [5.74, 6) is -0.108. The van der Waals surface area contributed by atoms with E-state index >= 15 is 0 Å². The molecule has 0 aliphatic carbocycles. The molecule has 0 amide bonds. The Morgan fingerprint density at radius 2 is 1.91 bits per heavy atom. The van der Waals surface area contributed by atoms with Gasteiger partial charge in [-0.2, -0.15) is 0 Å². The minimum atomic E-state index is -0.108. The molecule has 1 aromatic heterocycles. The van der Waals surface area contributed by atoms with Crippen LogP contribution in [-0.4, -0.2) is 10.1 Å². The van der Waals surface area contributed by atoms with Gasteiger partial charge in [0.2, 0.25) is 5.88 Å². The van der Waals surface area contributed by atoms with E-state index in [1.54, 1.807) is 0 Å². The van der Waals surface area contributed by atoms with Crippen LogP contribution in [0.15, 0.2) is 24.3 Å². The molecule has 0 unspecified atom stereocenters. The van der Waals surface area contributed by atoms with Gasteiger partial charge in [0, 0.05) is 5.39 Å². The molecular weight excluding hydrogens is 138 g/mol. The van der Waals surface area contributed by atoms with E-state index in [0.29, 0.717) is 0 Å². The average Bonchev–Trinajstić information content (AvgIpc) is 2.04. The summed E-state index contributed by atoms with van der Waals surface area (Å²) in [6.45, 7) is 0. The molecule has 0 saturated heterocycles. The molecule has 1 heterocycles. The van der Waals surface area contributed by atoms with E-state index in [4.69, 9.17) is 5.11 Å².